The van der Waals surface area contributed by atoms with E-state index in [9.17, 15) is 8.78 Å². The van der Waals surface area contributed by atoms with E-state index in [1.54, 1.807) is 0 Å². The van der Waals surface area contributed by atoms with Crippen LogP contribution in [-0.4, -0.2) is 31.7 Å². The fourth-order valence-corrected chi connectivity index (χ4v) is 2.04. The van der Waals surface area contributed by atoms with Gasteiger partial charge in [0.1, 0.15) is 11.6 Å². The maximum Gasteiger partial charge on any atom is 0.131 e. The topological polar surface area (TPSA) is 12.5 Å². The van der Waals surface area contributed by atoms with Crippen LogP contribution in [0.5, 0.6) is 0 Å². The summed E-state index contributed by atoms with van der Waals surface area (Å²) in [4.78, 5) is 2.03. The highest BCUT2D eigenvalue weighted by Gasteiger charge is 2.36. The summed E-state index contributed by atoms with van der Waals surface area (Å²) in [5.41, 5.74) is -0.0353. The molecule has 1 unspecified atom stereocenters. The molecule has 1 aromatic carbocycles. The molecule has 0 aliphatic carbocycles. The number of ether oxygens (including phenoxy) is 1. The Morgan fingerprint density at radius 1 is 1.38 bits per heavy atom. The Morgan fingerprint density at radius 3 is 2.75 bits per heavy atom. The number of morpholine rings is 1. The van der Waals surface area contributed by atoms with Crippen LogP contribution < -0.4 is 0 Å². The molecular weight excluding hydrogens is 212 g/mol. The maximum atomic E-state index is 13.7. The molecule has 1 fully saturated rings. The summed E-state index contributed by atoms with van der Waals surface area (Å²) in [6.45, 7) is 3.72. The molecule has 0 bridgehead atoms. The van der Waals surface area contributed by atoms with Crippen molar-refractivity contribution in [1.82, 2.24) is 4.90 Å². The first-order chi connectivity index (χ1) is 7.54. The molecule has 2 rings (SSSR count). The summed E-state index contributed by atoms with van der Waals surface area (Å²) >= 11 is 0. The lowest BCUT2D eigenvalue weighted by Crippen LogP contribution is -2.50. The summed E-state index contributed by atoms with van der Waals surface area (Å²) in [6, 6.07) is 3.70. The van der Waals surface area contributed by atoms with Gasteiger partial charge in [-0.25, -0.2) is 8.78 Å². The van der Waals surface area contributed by atoms with Crippen LogP contribution in [-0.2, 0) is 10.3 Å². The van der Waals surface area contributed by atoms with Gasteiger partial charge in [0.2, 0.25) is 0 Å². The van der Waals surface area contributed by atoms with Crippen molar-refractivity contribution in [2.75, 3.05) is 26.8 Å². The van der Waals surface area contributed by atoms with Gasteiger partial charge in [-0.15, -0.1) is 0 Å². The summed E-state index contributed by atoms with van der Waals surface area (Å²) in [6.07, 6.45) is 0. The second-order valence-electron chi connectivity index (χ2n) is 4.37. The van der Waals surface area contributed by atoms with Crippen LogP contribution in [0.1, 0.15) is 12.5 Å². The fraction of sp³-hybridized carbons (Fsp3) is 0.500. The van der Waals surface area contributed by atoms with Crippen molar-refractivity contribution in [2.24, 2.45) is 0 Å². The van der Waals surface area contributed by atoms with Gasteiger partial charge in [-0.2, -0.15) is 0 Å². The maximum absolute atomic E-state index is 13.7. The van der Waals surface area contributed by atoms with E-state index in [0.29, 0.717) is 18.8 Å². The molecule has 0 radical (unpaired) electrons. The zero-order valence-electron chi connectivity index (χ0n) is 9.46. The second-order valence-corrected chi connectivity index (χ2v) is 4.37. The Kier molecular flexibility index (Phi) is 2.95. The minimum absolute atomic E-state index is 0.423. The number of benzene rings is 1. The van der Waals surface area contributed by atoms with Crippen molar-refractivity contribution in [3.05, 3.63) is 35.4 Å². The van der Waals surface area contributed by atoms with E-state index in [0.717, 1.165) is 12.6 Å². The van der Waals surface area contributed by atoms with Crippen LogP contribution in [0.3, 0.4) is 0 Å². The van der Waals surface area contributed by atoms with Crippen LogP contribution in [0, 0.1) is 11.6 Å². The standard InChI is InChI=1S/C12H15F2NO/c1-12(8-16-6-5-15(12)2)10-4-3-9(13)7-11(10)14/h3-4,7H,5-6,8H2,1-2H3. The van der Waals surface area contributed by atoms with Gasteiger partial charge in [0.15, 0.2) is 0 Å². The van der Waals surface area contributed by atoms with Crippen LogP contribution in [0.4, 0.5) is 8.78 Å². The molecule has 4 heteroatoms. The quantitative estimate of drug-likeness (QED) is 0.728. The van der Waals surface area contributed by atoms with Gasteiger partial charge < -0.3 is 4.74 Å². The SMILES string of the molecule is CN1CCOCC1(C)c1ccc(F)cc1F. The summed E-state index contributed by atoms with van der Waals surface area (Å²) in [7, 11) is 1.92. The monoisotopic (exact) mass is 227 g/mol. The van der Waals surface area contributed by atoms with Gasteiger partial charge in [-0.3, -0.25) is 4.90 Å². The molecule has 0 spiro atoms. The Hall–Kier alpha value is -1.00. The normalized spacial score (nSPS) is 27.0. The number of hydrogen-bond donors (Lipinski definition) is 0. The molecular formula is C12H15F2NO. The van der Waals surface area contributed by atoms with E-state index in [4.69, 9.17) is 4.74 Å². The molecule has 1 heterocycles. The number of likely N-dealkylation sites (N-methyl/N-ethyl adjacent to an activating group) is 1. The molecule has 0 N–H and O–H groups in total. The molecule has 0 saturated carbocycles. The number of halogens is 2. The lowest BCUT2D eigenvalue weighted by Gasteiger charge is -2.42. The average molecular weight is 227 g/mol. The minimum atomic E-state index is -0.552. The van der Waals surface area contributed by atoms with E-state index in [1.165, 1.54) is 12.1 Å². The van der Waals surface area contributed by atoms with E-state index in [1.807, 2.05) is 18.9 Å². The smallest absolute Gasteiger partial charge is 0.131 e. The zero-order valence-corrected chi connectivity index (χ0v) is 9.46. The number of nitrogens with zero attached hydrogens (tertiary/aromatic N) is 1. The number of hydrogen-bond acceptors (Lipinski definition) is 2. The van der Waals surface area contributed by atoms with E-state index < -0.39 is 17.2 Å². The molecule has 0 amide bonds. The van der Waals surface area contributed by atoms with Gasteiger partial charge in [0, 0.05) is 18.2 Å². The van der Waals surface area contributed by atoms with Crippen molar-refractivity contribution in [3.8, 4) is 0 Å². The van der Waals surface area contributed by atoms with Crippen LogP contribution in [0.25, 0.3) is 0 Å². The first kappa shape index (κ1) is 11.5. The Morgan fingerprint density at radius 2 is 2.12 bits per heavy atom. The van der Waals surface area contributed by atoms with Crippen LogP contribution in [0.15, 0.2) is 18.2 Å². The van der Waals surface area contributed by atoms with Gasteiger partial charge in [-0.1, -0.05) is 6.07 Å². The third-order valence-electron chi connectivity index (χ3n) is 3.31. The molecule has 1 aliphatic heterocycles. The molecule has 1 aliphatic rings. The fourth-order valence-electron chi connectivity index (χ4n) is 2.04. The molecule has 0 aromatic heterocycles. The second kappa shape index (κ2) is 4.11. The lowest BCUT2D eigenvalue weighted by atomic mass is 9.90. The predicted molar refractivity (Wildman–Crippen MR) is 57.2 cm³/mol. The Labute approximate surface area is 93.8 Å². The lowest BCUT2D eigenvalue weighted by molar-refractivity contribution is -0.0515. The van der Waals surface area contributed by atoms with Gasteiger partial charge >= 0.3 is 0 Å². The predicted octanol–water partition coefficient (Wildman–Crippen LogP) is 2.14. The summed E-state index contributed by atoms with van der Waals surface area (Å²) in [5, 5.41) is 0. The first-order valence-corrected chi connectivity index (χ1v) is 5.28. The molecule has 16 heavy (non-hydrogen) atoms. The highest BCUT2D eigenvalue weighted by molar-refractivity contribution is 5.27. The summed E-state index contributed by atoms with van der Waals surface area (Å²) < 4.78 is 32.0. The van der Waals surface area contributed by atoms with Gasteiger partial charge in [-0.05, 0) is 20.0 Å². The Bertz CT molecular complexity index is 397. The zero-order chi connectivity index (χ0) is 11.8. The highest BCUT2D eigenvalue weighted by atomic mass is 19.1. The molecule has 1 saturated heterocycles. The molecule has 1 aromatic rings. The van der Waals surface area contributed by atoms with E-state index >= 15 is 0 Å². The summed E-state index contributed by atoms with van der Waals surface area (Å²) in [5.74, 6) is -1.07. The average Bonchev–Trinajstić information content (AvgIpc) is 2.22. The first-order valence-electron chi connectivity index (χ1n) is 5.28. The van der Waals surface area contributed by atoms with Crippen molar-refractivity contribution >= 4 is 0 Å². The molecule has 2 nitrogen and oxygen atoms in total. The van der Waals surface area contributed by atoms with Crippen molar-refractivity contribution in [3.63, 3.8) is 0 Å². The van der Waals surface area contributed by atoms with Crippen molar-refractivity contribution < 1.29 is 13.5 Å². The Balaban J connectivity index is 2.41. The minimum Gasteiger partial charge on any atom is -0.378 e. The van der Waals surface area contributed by atoms with E-state index in [-0.39, 0.29) is 0 Å². The van der Waals surface area contributed by atoms with Gasteiger partial charge in [0.25, 0.3) is 0 Å². The van der Waals surface area contributed by atoms with E-state index in [2.05, 4.69) is 0 Å². The van der Waals surface area contributed by atoms with Crippen LogP contribution >= 0.6 is 0 Å². The third kappa shape index (κ3) is 1.83. The highest BCUT2D eigenvalue weighted by Crippen LogP contribution is 2.31. The van der Waals surface area contributed by atoms with Crippen molar-refractivity contribution in [1.29, 1.82) is 0 Å². The molecule has 1 atom stereocenters. The third-order valence-corrected chi connectivity index (χ3v) is 3.31. The number of rotatable bonds is 1. The molecule has 88 valence electrons. The van der Waals surface area contributed by atoms with Crippen LogP contribution in [0.2, 0.25) is 0 Å². The van der Waals surface area contributed by atoms with Crippen molar-refractivity contribution in [2.45, 2.75) is 12.5 Å². The largest absolute Gasteiger partial charge is 0.378 e. The van der Waals surface area contributed by atoms with Gasteiger partial charge in [0.05, 0.1) is 18.8 Å².